The lowest BCUT2D eigenvalue weighted by atomic mass is 9.96. The second kappa shape index (κ2) is 9.05. The maximum atomic E-state index is 12.7. The number of ether oxygens (including phenoxy) is 2. The first kappa shape index (κ1) is 20.0. The zero-order valence-electron chi connectivity index (χ0n) is 17.0. The Morgan fingerprint density at radius 2 is 1.90 bits per heavy atom. The molecule has 0 spiro atoms. The smallest absolute Gasteiger partial charge is 0.224 e. The van der Waals surface area contributed by atoms with Gasteiger partial charge in [0.1, 0.15) is 0 Å². The highest BCUT2D eigenvalue weighted by Crippen LogP contribution is 2.33. The molecule has 0 aliphatic heterocycles. The van der Waals surface area contributed by atoms with E-state index in [1.807, 2.05) is 36.4 Å². The number of carbonyl (C=O) groups is 1. The van der Waals surface area contributed by atoms with Crippen molar-refractivity contribution in [3.05, 3.63) is 82.2 Å². The average molecular weight is 421 g/mol. The first-order valence-electron chi connectivity index (χ1n) is 9.76. The molecule has 0 bridgehead atoms. The molecule has 2 aromatic carbocycles. The third-order valence-electron chi connectivity index (χ3n) is 5.20. The van der Waals surface area contributed by atoms with E-state index in [-0.39, 0.29) is 18.2 Å². The van der Waals surface area contributed by atoms with E-state index in [1.165, 1.54) is 15.8 Å². The van der Waals surface area contributed by atoms with Crippen molar-refractivity contribution in [1.82, 2.24) is 10.3 Å². The van der Waals surface area contributed by atoms with Gasteiger partial charge in [-0.05, 0) is 40.8 Å². The van der Waals surface area contributed by atoms with Crippen LogP contribution in [-0.2, 0) is 11.2 Å². The maximum absolute atomic E-state index is 12.7. The zero-order chi connectivity index (χ0) is 20.9. The Bertz CT molecular complexity index is 1130. The van der Waals surface area contributed by atoms with Crippen molar-refractivity contribution >= 4 is 28.1 Å². The van der Waals surface area contributed by atoms with Crippen molar-refractivity contribution in [2.75, 3.05) is 20.8 Å². The Hall–Kier alpha value is -3.25. The molecule has 4 aromatic rings. The minimum Gasteiger partial charge on any atom is -0.493 e. The predicted molar refractivity (Wildman–Crippen MR) is 121 cm³/mol. The number of benzene rings is 2. The zero-order valence-corrected chi connectivity index (χ0v) is 17.8. The summed E-state index contributed by atoms with van der Waals surface area (Å²) < 4.78 is 10.6. The van der Waals surface area contributed by atoms with Crippen LogP contribution in [0, 0.1) is 0 Å². The molecule has 154 valence electrons. The number of thiophene rings is 1. The summed E-state index contributed by atoms with van der Waals surface area (Å²) in [6, 6.07) is 18.0. The Balaban J connectivity index is 1.50. The summed E-state index contributed by atoms with van der Waals surface area (Å²) in [5, 5.41) is 6.38. The normalized spacial score (nSPS) is 11.9. The van der Waals surface area contributed by atoms with Crippen LogP contribution in [-0.4, -0.2) is 31.7 Å². The van der Waals surface area contributed by atoms with Crippen LogP contribution in [0.2, 0.25) is 0 Å². The van der Waals surface area contributed by atoms with Gasteiger partial charge in [-0.1, -0.05) is 30.3 Å². The maximum Gasteiger partial charge on any atom is 0.224 e. The van der Waals surface area contributed by atoms with Crippen molar-refractivity contribution < 1.29 is 14.3 Å². The lowest BCUT2D eigenvalue weighted by molar-refractivity contribution is -0.120. The van der Waals surface area contributed by atoms with Crippen LogP contribution in [0.1, 0.15) is 21.9 Å². The minimum atomic E-state index is -0.0244. The molecule has 0 saturated carbocycles. The summed E-state index contributed by atoms with van der Waals surface area (Å²) >= 11 is 1.71. The lowest BCUT2D eigenvalue weighted by Crippen LogP contribution is -2.29. The fourth-order valence-electron chi connectivity index (χ4n) is 3.69. The highest BCUT2D eigenvalue weighted by Gasteiger charge is 2.20. The van der Waals surface area contributed by atoms with Gasteiger partial charge in [-0.2, -0.15) is 0 Å². The van der Waals surface area contributed by atoms with Crippen LogP contribution in [0.5, 0.6) is 11.5 Å². The fourth-order valence-corrected chi connectivity index (χ4v) is 4.54. The first-order chi connectivity index (χ1) is 14.7. The standard InChI is InChI=1S/C24H24N2O3S/c1-28-21-10-9-16(12-22(21)29-2)13-24(27)26-15-19(23-8-5-11-30-23)18-14-25-20-7-4-3-6-17(18)20/h3-12,14,19,25H,13,15H2,1-2H3,(H,26,27). The van der Waals surface area contributed by atoms with Gasteiger partial charge >= 0.3 is 0 Å². The predicted octanol–water partition coefficient (Wildman–Crippen LogP) is 4.74. The van der Waals surface area contributed by atoms with Crippen molar-refractivity contribution in [3.63, 3.8) is 0 Å². The highest BCUT2D eigenvalue weighted by molar-refractivity contribution is 7.10. The Labute approximate surface area is 179 Å². The molecular weight excluding hydrogens is 396 g/mol. The second-order valence-corrected chi connectivity index (χ2v) is 8.01. The van der Waals surface area contributed by atoms with Gasteiger partial charge in [0.2, 0.25) is 5.91 Å². The van der Waals surface area contributed by atoms with Gasteiger partial charge in [0, 0.05) is 34.4 Å². The van der Waals surface area contributed by atoms with E-state index in [0.29, 0.717) is 18.0 Å². The number of aromatic nitrogens is 1. The van der Waals surface area contributed by atoms with Gasteiger partial charge in [0.25, 0.3) is 0 Å². The monoisotopic (exact) mass is 420 g/mol. The molecule has 0 fully saturated rings. The van der Waals surface area contributed by atoms with Crippen molar-refractivity contribution in [1.29, 1.82) is 0 Å². The summed E-state index contributed by atoms with van der Waals surface area (Å²) in [6.07, 6.45) is 2.33. The number of H-pyrrole nitrogens is 1. The van der Waals surface area contributed by atoms with Crippen LogP contribution >= 0.6 is 11.3 Å². The quantitative estimate of drug-likeness (QED) is 0.433. The molecule has 4 rings (SSSR count). The van der Waals surface area contributed by atoms with E-state index >= 15 is 0 Å². The van der Waals surface area contributed by atoms with E-state index < -0.39 is 0 Å². The number of nitrogens with one attached hydrogen (secondary N) is 2. The van der Waals surface area contributed by atoms with Crippen molar-refractivity contribution in [2.45, 2.75) is 12.3 Å². The number of carbonyl (C=O) groups excluding carboxylic acids is 1. The Morgan fingerprint density at radius 3 is 2.67 bits per heavy atom. The molecular formula is C24H24N2O3S. The van der Waals surface area contributed by atoms with Crippen LogP contribution < -0.4 is 14.8 Å². The summed E-state index contributed by atoms with van der Waals surface area (Å²) in [5.74, 6) is 1.34. The van der Waals surface area contributed by atoms with Crippen LogP contribution in [0.15, 0.2) is 66.2 Å². The molecule has 30 heavy (non-hydrogen) atoms. The van der Waals surface area contributed by atoms with Gasteiger partial charge in [-0.3, -0.25) is 4.79 Å². The SMILES string of the molecule is COc1ccc(CC(=O)NCC(c2cccs2)c2c[nH]c3ccccc23)cc1OC. The van der Waals surface area contributed by atoms with Gasteiger partial charge in [0.05, 0.1) is 20.6 Å². The Morgan fingerprint density at radius 1 is 1.07 bits per heavy atom. The summed E-state index contributed by atoms with van der Waals surface area (Å²) in [7, 11) is 3.19. The summed E-state index contributed by atoms with van der Waals surface area (Å²) in [4.78, 5) is 17.3. The molecule has 2 N–H and O–H groups in total. The number of hydrogen-bond acceptors (Lipinski definition) is 4. The van der Waals surface area contributed by atoms with Gasteiger partial charge in [-0.25, -0.2) is 0 Å². The molecule has 2 heterocycles. The lowest BCUT2D eigenvalue weighted by Gasteiger charge is -2.16. The van der Waals surface area contributed by atoms with Gasteiger partial charge in [0.15, 0.2) is 11.5 Å². The number of rotatable bonds is 8. The topological polar surface area (TPSA) is 63.3 Å². The number of amides is 1. The molecule has 1 atom stereocenters. The number of aromatic amines is 1. The summed E-state index contributed by atoms with van der Waals surface area (Å²) in [6.45, 7) is 0.536. The largest absolute Gasteiger partial charge is 0.493 e. The molecule has 0 aliphatic rings. The van der Waals surface area contributed by atoms with E-state index in [2.05, 4.69) is 40.1 Å². The molecule has 5 nitrogen and oxygen atoms in total. The van der Waals surface area contributed by atoms with Crippen LogP contribution in [0.3, 0.4) is 0 Å². The Kier molecular flexibility index (Phi) is 6.05. The molecule has 6 heteroatoms. The minimum absolute atomic E-state index is 0.0244. The molecule has 1 unspecified atom stereocenters. The average Bonchev–Trinajstić information content (AvgIpc) is 3.45. The van der Waals surface area contributed by atoms with E-state index in [1.54, 1.807) is 25.6 Å². The molecule has 0 radical (unpaired) electrons. The van der Waals surface area contributed by atoms with E-state index in [4.69, 9.17) is 9.47 Å². The van der Waals surface area contributed by atoms with Crippen LogP contribution in [0.25, 0.3) is 10.9 Å². The molecule has 2 aromatic heterocycles. The van der Waals surface area contributed by atoms with Gasteiger partial charge in [-0.15, -0.1) is 11.3 Å². The third-order valence-corrected chi connectivity index (χ3v) is 6.19. The first-order valence-corrected chi connectivity index (χ1v) is 10.6. The van der Waals surface area contributed by atoms with Gasteiger partial charge < -0.3 is 19.8 Å². The highest BCUT2D eigenvalue weighted by atomic mass is 32.1. The third kappa shape index (κ3) is 4.19. The van der Waals surface area contributed by atoms with Crippen molar-refractivity contribution in [3.8, 4) is 11.5 Å². The molecule has 0 saturated heterocycles. The van der Waals surface area contributed by atoms with Crippen molar-refractivity contribution in [2.24, 2.45) is 0 Å². The number of fused-ring (bicyclic) bond motifs is 1. The molecule has 1 amide bonds. The number of methoxy groups -OCH3 is 2. The summed E-state index contributed by atoms with van der Waals surface area (Å²) in [5.41, 5.74) is 3.18. The second-order valence-electron chi connectivity index (χ2n) is 7.03. The number of hydrogen-bond donors (Lipinski definition) is 2. The van der Waals surface area contributed by atoms with E-state index in [0.717, 1.165) is 11.1 Å². The molecule has 0 aliphatic carbocycles. The fraction of sp³-hybridized carbons (Fsp3) is 0.208. The van der Waals surface area contributed by atoms with Crippen LogP contribution in [0.4, 0.5) is 0 Å². The van der Waals surface area contributed by atoms with E-state index in [9.17, 15) is 4.79 Å². The number of para-hydroxylation sites is 1.